The summed E-state index contributed by atoms with van der Waals surface area (Å²) in [6.45, 7) is 1.70. The molecule has 0 fully saturated rings. The smallest absolute Gasteiger partial charge is 0.207 e. The summed E-state index contributed by atoms with van der Waals surface area (Å²) >= 11 is 0. The molecule has 0 aliphatic heterocycles. The molecule has 0 aliphatic carbocycles. The molecule has 0 aromatic heterocycles. The number of aryl methyl sites for hydroxylation is 2. The molecule has 0 radical (unpaired) electrons. The predicted molar refractivity (Wildman–Crippen MR) is 125 cm³/mol. The van der Waals surface area contributed by atoms with Crippen LogP contribution in [0.2, 0.25) is 0 Å². The maximum atomic E-state index is 14.9. The normalized spacial score (nSPS) is 11.7. The minimum Gasteiger partial charge on any atom is -0.207 e. The molecule has 0 N–H and O–H groups in total. The van der Waals surface area contributed by atoms with Gasteiger partial charge >= 0.3 is 6.18 Å². The predicted octanol–water partition coefficient (Wildman–Crippen LogP) is 9.05. The molecule has 0 bridgehead atoms. The molecule has 0 spiro atoms. The molecular formula is C29H19F9. The van der Waals surface area contributed by atoms with Crippen LogP contribution in [0.1, 0.15) is 22.3 Å². The van der Waals surface area contributed by atoms with Gasteiger partial charge in [0.05, 0.1) is 6.42 Å². The SMILES string of the molecule is Cc1ccc(-c2ccc(-c3cc(F)c(CCc4cc(F)c(CC(F)(F)F)c(F)c4)c(F)c3)c(F)c2)c(F)c1. The number of rotatable bonds is 6. The second kappa shape index (κ2) is 10.6. The molecule has 4 rings (SSSR count). The Labute approximate surface area is 212 Å². The van der Waals surface area contributed by atoms with Crippen molar-refractivity contribution in [2.24, 2.45) is 0 Å². The fourth-order valence-corrected chi connectivity index (χ4v) is 4.21. The Morgan fingerprint density at radius 3 is 1.58 bits per heavy atom. The molecule has 0 saturated carbocycles. The lowest BCUT2D eigenvalue weighted by molar-refractivity contribution is -0.128. The van der Waals surface area contributed by atoms with E-state index in [0.29, 0.717) is 17.7 Å². The van der Waals surface area contributed by atoms with Gasteiger partial charge in [0.1, 0.15) is 34.9 Å². The van der Waals surface area contributed by atoms with Gasteiger partial charge in [0.2, 0.25) is 0 Å². The highest BCUT2D eigenvalue weighted by molar-refractivity contribution is 5.72. The molecule has 4 aromatic carbocycles. The molecule has 0 amide bonds. The van der Waals surface area contributed by atoms with Gasteiger partial charge in [-0.05, 0) is 78.4 Å². The molecular weight excluding hydrogens is 519 g/mol. The average molecular weight is 538 g/mol. The van der Waals surface area contributed by atoms with E-state index in [1.165, 1.54) is 24.3 Å². The molecule has 0 aliphatic rings. The first-order chi connectivity index (χ1) is 17.8. The van der Waals surface area contributed by atoms with E-state index in [9.17, 15) is 39.5 Å². The summed E-state index contributed by atoms with van der Waals surface area (Å²) in [6.07, 6.45) is -7.22. The van der Waals surface area contributed by atoms with Crippen molar-refractivity contribution in [2.75, 3.05) is 0 Å². The van der Waals surface area contributed by atoms with Crippen LogP contribution in [0.5, 0.6) is 0 Å². The molecule has 38 heavy (non-hydrogen) atoms. The Balaban J connectivity index is 1.56. The Bertz CT molecular complexity index is 1460. The molecule has 0 atom stereocenters. The molecule has 0 saturated heterocycles. The lowest BCUT2D eigenvalue weighted by Crippen LogP contribution is -2.14. The molecule has 0 heterocycles. The van der Waals surface area contributed by atoms with Crippen LogP contribution < -0.4 is 0 Å². The Morgan fingerprint density at radius 1 is 0.526 bits per heavy atom. The zero-order chi connectivity index (χ0) is 27.8. The largest absolute Gasteiger partial charge is 0.393 e. The minimum absolute atomic E-state index is 0.0845. The first-order valence-corrected chi connectivity index (χ1v) is 11.4. The monoisotopic (exact) mass is 538 g/mol. The maximum Gasteiger partial charge on any atom is 0.393 e. The van der Waals surface area contributed by atoms with E-state index in [0.717, 1.165) is 18.2 Å². The number of alkyl halides is 3. The van der Waals surface area contributed by atoms with E-state index < -0.39 is 58.6 Å². The minimum atomic E-state index is -4.81. The number of halogens is 9. The van der Waals surface area contributed by atoms with Crippen LogP contribution in [0.25, 0.3) is 22.3 Å². The Morgan fingerprint density at radius 2 is 1.03 bits per heavy atom. The van der Waals surface area contributed by atoms with Crippen molar-refractivity contribution in [3.05, 3.63) is 118 Å². The molecule has 0 unspecified atom stereocenters. The van der Waals surface area contributed by atoms with Gasteiger partial charge in [-0.15, -0.1) is 0 Å². The topological polar surface area (TPSA) is 0 Å². The van der Waals surface area contributed by atoms with Crippen LogP contribution in [0.4, 0.5) is 39.5 Å². The fraction of sp³-hybridized carbons (Fsp3) is 0.172. The number of hydrogen-bond donors (Lipinski definition) is 0. The second-order valence-electron chi connectivity index (χ2n) is 8.93. The van der Waals surface area contributed by atoms with Crippen molar-refractivity contribution in [2.45, 2.75) is 32.4 Å². The van der Waals surface area contributed by atoms with Crippen molar-refractivity contribution < 1.29 is 39.5 Å². The maximum absolute atomic E-state index is 14.9. The van der Waals surface area contributed by atoms with Crippen LogP contribution >= 0.6 is 0 Å². The number of benzene rings is 4. The summed E-state index contributed by atoms with van der Waals surface area (Å²) < 4.78 is 124. The van der Waals surface area contributed by atoms with E-state index in [1.807, 2.05) is 0 Å². The van der Waals surface area contributed by atoms with Gasteiger partial charge in [0, 0.05) is 22.3 Å². The van der Waals surface area contributed by atoms with Crippen LogP contribution in [-0.2, 0) is 19.3 Å². The van der Waals surface area contributed by atoms with Gasteiger partial charge < -0.3 is 0 Å². The molecule has 0 nitrogen and oxygen atoms in total. The summed E-state index contributed by atoms with van der Waals surface area (Å²) in [7, 11) is 0. The van der Waals surface area contributed by atoms with E-state index in [2.05, 4.69) is 0 Å². The van der Waals surface area contributed by atoms with Crippen LogP contribution in [0, 0.1) is 41.8 Å². The summed E-state index contributed by atoms with van der Waals surface area (Å²) in [6, 6.07) is 11.4. The van der Waals surface area contributed by atoms with Crippen molar-refractivity contribution in [3.63, 3.8) is 0 Å². The molecule has 9 heteroatoms. The van der Waals surface area contributed by atoms with Gasteiger partial charge in [-0.2, -0.15) is 13.2 Å². The van der Waals surface area contributed by atoms with Gasteiger partial charge in [-0.3, -0.25) is 0 Å². The van der Waals surface area contributed by atoms with Crippen LogP contribution in [-0.4, -0.2) is 6.18 Å². The highest BCUT2D eigenvalue weighted by atomic mass is 19.4. The highest BCUT2D eigenvalue weighted by Gasteiger charge is 2.31. The third kappa shape index (κ3) is 6.03. The van der Waals surface area contributed by atoms with Crippen molar-refractivity contribution in [1.29, 1.82) is 0 Å². The zero-order valence-electron chi connectivity index (χ0n) is 19.8. The Hall–Kier alpha value is -3.75. The standard InChI is InChI=1S/C29H19F9/c1-15-2-5-19(23(30)8-15)17-4-7-20(26(33)11-17)18-12-27(34)21(28(35)13-18)6-3-16-9-24(31)22(25(32)10-16)14-29(36,37)38/h2,4-5,7-13H,3,6,14H2,1H3. The molecule has 198 valence electrons. The van der Waals surface area contributed by atoms with Gasteiger partial charge in [0.15, 0.2) is 0 Å². The van der Waals surface area contributed by atoms with Crippen molar-refractivity contribution in [1.82, 2.24) is 0 Å². The summed E-state index contributed by atoms with van der Waals surface area (Å²) in [4.78, 5) is 0. The summed E-state index contributed by atoms with van der Waals surface area (Å²) in [5.74, 6) is -6.27. The third-order valence-corrected chi connectivity index (χ3v) is 6.10. The lowest BCUT2D eigenvalue weighted by Gasteiger charge is -2.12. The summed E-state index contributed by atoms with van der Waals surface area (Å²) in [5.41, 5.74) is -0.827. The average Bonchev–Trinajstić information content (AvgIpc) is 2.80. The summed E-state index contributed by atoms with van der Waals surface area (Å²) in [5, 5.41) is 0. The van der Waals surface area contributed by atoms with E-state index in [4.69, 9.17) is 0 Å². The first-order valence-electron chi connectivity index (χ1n) is 11.4. The lowest BCUT2D eigenvalue weighted by atomic mass is 9.96. The van der Waals surface area contributed by atoms with Crippen LogP contribution in [0.3, 0.4) is 0 Å². The van der Waals surface area contributed by atoms with Crippen LogP contribution in [0.15, 0.2) is 60.7 Å². The fourth-order valence-electron chi connectivity index (χ4n) is 4.21. The van der Waals surface area contributed by atoms with Gasteiger partial charge in [-0.1, -0.05) is 24.3 Å². The highest BCUT2D eigenvalue weighted by Crippen LogP contribution is 2.32. The first kappa shape index (κ1) is 27.3. The van der Waals surface area contributed by atoms with E-state index in [-0.39, 0.29) is 40.7 Å². The van der Waals surface area contributed by atoms with Crippen molar-refractivity contribution in [3.8, 4) is 22.3 Å². The van der Waals surface area contributed by atoms with E-state index >= 15 is 0 Å². The molecule has 4 aromatic rings. The second-order valence-corrected chi connectivity index (χ2v) is 8.93. The van der Waals surface area contributed by atoms with Crippen molar-refractivity contribution >= 4 is 0 Å². The third-order valence-electron chi connectivity index (χ3n) is 6.10. The Kier molecular flexibility index (Phi) is 7.58. The van der Waals surface area contributed by atoms with Gasteiger partial charge in [-0.25, -0.2) is 26.3 Å². The van der Waals surface area contributed by atoms with Gasteiger partial charge in [0.25, 0.3) is 0 Å². The quantitative estimate of drug-likeness (QED) is 0.215. The van der Waals surface area contributed by atoms with E-state index in [1.54, 1.807) is 13.0 Å². The number of hydrogen-bond acceptors (Lipinski definition) is 0. The zero-order valence-corrected chi connectivity index (χ0v) is 19.8.